The Morgan fingerprint density at radius 3 is 2.71 bits per heavy atom. The van der Waals surface area contributed by atoms with Crippen LogP contribution in [0.1, 0.15) is 0 Å². The third kappa shape index (κ3) is 2.47. The Kier molecular flexibility index (Phi) is 3.51. The molecule has 1 rings (SSSR count). The number of carbonyl (C=O) groups is 1. The number of alkyl halides is 2. The molecule has 0 aliphatic rings. The van der Waals surface area contributed by atoms with Gasteiger partial charge in [-0.1, -0.05) is 6.07 Å². The summed E-state index contributed by atoms with van der Waals surface area (Å²) in [6.07, 6.45) is -3.01. The largest absolute Gasteiger partial charge is 0.316 e. The molecule has 0 aromatic carbocycles. The van der Waals surface area contributed by atoms with Crippen molar-refractivity contribution in [2.24, 2.45) is 0 Å². The van der Waals surface area contributed by atoms with Gasteiger partial charge >= 0.3 is 6.43 Å². The standard InChI is InChI=1S/C8H7BrF2N2O/c1-13(8(14)7(10)11)6-4-2-3-5(9)12-6/h2-4,7H,1H3. The average Bonchev–Trinajstić information content (AvgIpc) is 2.15. The molecule has 3 nitrogen and oxygen atoms in total. The van der Waals surface area contributed by atoms with Crippen LogP contribution in [0.15, 0.2) is 22.8 Å². The summed E-state index contributed by atoms with van der Waals surface area (Å²) in [5, 5.41) is 0. The van der Waals surface area contributed by atoms with E-state index >= 15 is 0 Å². The summed E-state index contributed by atoms with van der Waals surface area (Å²) in [7, 11) is 1.25. The van der Waals surface area contributed by atoms with Crippen LogP contribution in [0.3, 0.4) is 0 Å². The van der Waals surface area contributed by atoms with Crippen LogP contribution in [-0.2, 0) is 4.79 Å². The zero-order valence-corrected chi connectivity index (χ0v) is 8.83. The SMILES string of the molecule is CN(C(=O)C(F)F)c1cccc(Br)n1. The van der Waals surface area contributed by atoms with Gasteiger partial charge in [0.2, 0.25) is 0 Å². The Balaban J connectivity index is 2.89. The van der Waals surface area contributed by atoms with E-state index in [4.69, 9.17) is 0 Å². The van der Waals surface area contributed by atoms with E-state index in [0.717, 1.165) is 4.90 Å². The van der Waals surface area contributed by atoms with Crippen LogP contribution < -0.4 is 4.90 Å². The van der Waals surface area contributed by atoms with Crippen LogP contribution in [0.25, 0.3) is 0 Å². The molecular weight excluding hydrogens is 258 g/mol. The second-order valence-electron chi connectivity index (χ2n) is 2.52. The highest BCUT2D eigenvalue weighted by Crippen LogP contribution is 2.15. The minimum Gasteiger partial charge on any atom is -0.295 e. The molecule has 0 aliphatic carbocycles. The fraction of sp³-hybridized carbons (Fsp3) is 0.250. The van der Waals surface area contributed by atoms with Crippen molar-refractivity contribution in [3.63, 3.8) is 0 Å². The Bertz CT molecular complexity index is 346. The molecule has 0 spiro atoms. The van der Waals surface area contributed by atoms with E-state index in [1.807, 2.05) is 0 Å². The maximum Gasteiger partial charge on any atom is 0.316 e. The number of aromatic nitrogens is 1. The van der Waals surface area contributed by atoms with Gasteiger partial charge in [-0.15, -0.1) is 0 Å². The zero-order chi connectivity index (χ0) is 10.7. The molecule has 0 saturated heterocycles. The van der Waals surface area contributed by atoms with Gasteiger partial charge in [0.05, 0.1) is 0 Å². The van der Waals surface area contributed by atoms with Crippen molar-refractivity contribution in [1.82, 2.24) is 4.98 Å². The molecule has 14 heavy (non-hydrogen) atoms. The third-order valence-electron chi connectivity index (χ3n) is 1.56. The lowest BCUT2D eigenvalue weighted by Gasteiger charge is -2.15. The first-order chi connectivity index (χ1) is 6.52. The lowest BCUT2D eigenvalue weighted by molar-refractivity contribution is -0.128. The van der Waals surface area contributed by atoms with E-state index in [-0.39, 0.29) is 5.82 Å². The van der Waals surface area contributed by atoms with Gasteiger partial charge in [-0.05, 0) is 28.1 Å². The molecule has 1 aromatic rings. The van der Waals surface area contributed by atoms with Crippen molar-refractivity contribution in [2.45, 2.75) is 6.43 Å². The van der Waals surface area contributed by atoms with Crippen molar-refractivity contribution < 1.29 is 13.6 Å². The first kappa shape index (κ1) is 11.0. The summed E-state index contributed by atoms with van der Waals surface area (Å²) in [4.78, 5) is 15.6. The Morgan fingerprint density at radius 1 is 1.57 bits per heavy atom. The molecule has 0 bridgehead atoms. The van der Waals surface area contributed by atoms with Gasteiger partial charge in [-0.2, -0.15) is 8.78 Å². The Hall–Kier alpha value is -1.04. The predicted molar refractivity (Wildman–Crippen MR) is 51.4 cm³/mol. The molecule has 0 unspecified atom stereocenters. The molecule has 0 N–H and O–H groups in total. The quantitative estimate of drug-likeness (QED) is 0.767. The third-order valence-corrected chi connectivity index (χ3v) is 2.00. The molecule has 0 fully saturated rings. The number of halogens is 3. The molecule has 1 heterocycles. The van der Waals surface area contributed by atoms with Crippen molar-refractivity contribution in [3.8, 4) is 0 Å². The molecule has 6 heteroatoms. The Labute approximate surface area is 87.9 Å². The monoisotopic (exact) mass is 264 g/mol. The number of hydrogen-bond acceptors (Lipinski definition) is 2. The van der Waals surface area contributed by atoms with E-state index in [2.05, 4.69) is 20.9 Å². The summed E-state index contributed by atoms with van der Waals surface area (Å²) < 4.78 is 24.6. The lowest BCUT2D eigenvalue weighted by Crippen LogP contribution is -2.32. The van der Waals surface area contributed by atoms with E-state index in [0.29, 0.717) is 4.60 Å². The lowest BCUT2D eigenvalue weighted by atomic mass is 10.4. The fourth-order valence-electron chi connectivity index (χ4n) is 0.844. The smallest absolute Gasteiger partial charge is 0.295 e. The van der Waals surface area contributed by atoms with Crippen LogP contribution in [-0.4, -0.2) is 24.4 Å². The maximum atomic E-state index is 12.0. The van der Waals surface area contributed by atoms with Gasteiger partial charge in [0.25, 0.3) is 5.91 Å². The van der Waals surface area contributed by atoms with Crippen LogP contribution >= 0.6 is 15.9 Å². The summed E-state index contributed by atoms with van der Waals surface area (Å²) in [5.74, 6) is -1.08. The van der Waals surface area contributed by atoms with Crippen molar-refractivity contribution in [2.75, 3.05) is 11.9 Å². The van der Waals surface area contributed by atoms with Crippen LogP contribution in [0.4, 0.5) is 14.6 Å². The van der Waals surface area contributed by atoms with E-state index in [1.165, 1.54) is 13.1 Å². The van der Waals surface area contributed by atoms with Gasteiger partial charge < -0.3 is 0 Å². The highest BCUT2D eigenvalue weighted by atomic mass is 79.9. The topological polar surface area (TPSA) is 33.2 Å². The Morgan fingerprint density at radius 2 is 2.21 bits per heavy atom. The zero-order valence-electron chi connectivity index (χ0n) is 7.25. The van der Waals surface area contributed by atoms with Crippen LogP contribution in [0, 0.1) is 0 Å². The van der Waals surface area contributed by atoms with E-state index in [1.54, 1.807) is 12.1 Å². The highest BCUT2D eigenvalue weighted by molar-refractivity contribution is 9.10. The van der Waals surface area contributed by atoms with Crippen molar-refractivity contribution >= 4 is 27.7 Å². The second-order valence-corrected chi connectivity index (χ2v) is 3.33. The predicted octanol–water partition coefficient (Wildman–Crippen LogP) is 2.07. The summed E-state index contributed by atoms with van der Waals surface area (Å²) in [6, 6.07) is 4.73. The van der Waals surface area contributed by atoms with E-state index < -0.39 is 12.3 Å². The normalized spacial score (nSPS) is 10.4. The van der Waals surface area contributed by atoms with Crippen molar-refractivity contribution in [3.05, 3.63) is 22.8 Å². The molecular formula is C8H7BrF2N2O. The van der Waals surface area contributed by atoms with Crippen molar-refractivity contribution in [1.29, 1.82) is 0 Å². The van der Waals surface area contributed by atoms with Gasteiger partial charge in [0.15, 0.2) is 0 Å². The minimum absolute atomic E-state index is 0.185. The molecule has 1 aromatic heterocycles. The fourth-order valence-corrected chi connectivity index (χ4v) is 1.18. The summed E-state index contributed by atoms with van der Waals surface area (Å²) >= 11 is 3.08. The minimum atomic E-state index is -3.01. The molecule has 0 saturated carbocycles. The van der Waals surface area contributed by atoms with Crippen LogP contribution in [0.5, 0.6) is 0 Å². The number of anilines is 1. The molecule has 0 radical (unpaired) electrons. The number of rotatable bonds is 2. The number of amides is 1. The molecule has 76 valence electrons. The van der Waals surface area contributed by atoms with E-state index in [9.17, 15) is 13.6 Å². The van der Waals surface area contributed by atoms with Gasteiger partial charge in [-0.25, -0.2) is 4.98 Å². The average molecular weight is 265 g/mol. The summed E-state index contributed by atoms with van der Waals surface area (Å²) in [5.41, 5.74) is 0. The number of hydrogen-bond donors (Lipinski definition) is 0. The molecule has 0 atom stereocenters. The second kappa shape index (κ2) is 4.45. The summed E-state index contributed by atoms with van der Waals surface area (Å²) in [6.45, 7) is 0. The molecule has 1 amide bonds. The highest BCUT2D eigenvalue weighted by Gasteiger charge is 2.21. The molecule has 0 aliphatic heterocycles. The number of pyridine rings is 1. The number of carbonyl (C=O) groups excluding carboxylic acids is 1. The van der Waals surface area contributed by atoms with Gasteiger partial charge in [0, 0.05) is 7.05 Å². The first-order valence-electron chi connectivity index (χ1n) is 3.70. The van der Waals surface area contributed by atoms with Gasteiger partial charge in [0.1, 0.15) is 10.4 Å². The number of nitrogens with zero attached hydrogens (tertiary/aromatic N) is 2. The maximum absolute atomic E-state index is 12.0. The van der Waals surface area contributed by atoms with Crippen LogP contribution in [0.2, 0.25) is 0 Å². The first-order valence-corrected chi connectivity index (χ1v) is 4.50. The van der Waals surface area contributed by atoms with Gasteiger partial charge in [-0.3, -0.25) is 9.69 Å².